The van der Waals surface area contributed by atoms with Crippen molar-refractivity contribution in [3.05, 3.63) is 23.8 Å². The standard InChI is InChI=1S/C26H34ClFO5/c1-5-6-22(32)33-26(21(31)14-27)15(2)11-19-18-8-7-16-12-17(29)9-10-23(16,3)25(18,28)20(30)13-24(19,26)4/h9-10,12,15,18-20,30H,5-8,11,13-14H2,1-4H3/t15?,18-,19-,20?,23-,24-,25-,26-/m0/s1. The van der Waals surface area contributed by atoms with Gasteiger partial charge in [0.15, 0.2) is 22.8 Å². The third-order valence-corrected chi connectivity index (χ3v) is 9.69. The number of alkyl halides is 2. The fourth-order valence-electron chi connectivity index (χ4n) is 7.93. The molecule has 182 valence electrons. The second kappa shape index (κ2) is 8.01. The van der Waals surface area contributed by atoms with Crippen molar-refractivity contribution in [1.29, 1.82) is 0 Å². The normalized spacial score (nSPS) is 46.2. The van der Waals surface area contributed by atoms with Gasteiger partial charge in [0.05, 0.1) is 12.0 Å². The van der Waals surface area contributed by atoms with Gasteiger partial charge in [0.25, 0.3) is 0 Å². The van der Waals surface area contributed by atoms with Gasteiger partial charge in [-0.2, -0.15) is 0 Å². The van der Waals surface area contributed by atoms with Crippen LogP contribution in [0.3, 0.4) is 0 Å². The van der Waals surface area contributed by atoms with Gasteiger partial charge in [-0.1, -0.05) is 32.4 Å². The monoisotopic (exact) mass is 480 g/mol. The summed E-state index contributed by atoms with van der Waals surface area (Å²) < 4.78 is 23.2. The second-order valence-corrected chi connectivity index (χ2v) is 11.2. The van der Waals surface area contributed by atoms with E-state index in [9.17, 15) is 19.5 Å². The van der Waals surface area contributed by atoms with Gasteiger partial charge >= 0.3 is 5.97 Å². The molecular weight excluding hydrogens is 447 g/mol. The summed E-state index contributed by atoms with van der Waals surface area (Å²) in [7, 11) is 0. The molecule has 0 saturated heterocycles. The Morgan fingerprint density at radius 1 is 1.30 bits per heavy atom. The van der Waals surface area contributed by atoms with Crippen LogP contribution < -0.4 is 0 Å². The van der Waals surface area contributed by atoms with E-state index >= 15 is 4.39 Å². The number of Topliss-reactive ketones (excluding diaryl/α,β-unsaturated/α-hetero) is 1. The van der Waals surface area contributed by atoms with Crippen molar-refractivity contribution in [2.75, 3.05) is 5.88 Å². The number of aliphatic hydroxyl groups excluding tert-OH is 1. The summed E-state index contributed by atoms with van der Waals surface area (Å²) in [6.07, 6.45) is 5.33. The molecule has 3 saturated carbocycles. The first kappa shape index (κ1) is 24.6. The van der Waals surface area contributed by atoms with Crippen LogP contribution in [0.15, 0.2) is 23.8 Å². The molecular formula is C26H34ClFO5. The summed E-state index contributed by atoms with van der Waals surface area (Å²) in [4.78, 5) is 38.0. The van der Waals surface area contributed by atoms with Crippen molar-refractivity contribution >= 4 is 29.1 Å². The predicted molar refractivity (Wildman–Crippen MR) is 122 cm³/mol. The van der Waals surface area contributed by atoms with E-state index in [1.165, 1.54) is 12.2 Å². The molecule has 0 amide bonds. The van der Waals surface area contributed by atoms with Crippen molar-refractivity contribution in [2.24, 2.45) is 28.6 Å². The lowest BCUT2D eigenvalue weighted by Crippen LogP contribution is -2.70. The zero-order valence-corrected chi connectivity index (χ0v) is 20.6. The number of hydrogen-bond acceptors (Lipinski definition) is 5. The number of allylic oxidation sites excluding steroid dienone is 4. The van der Waals surface area contributed by atoms with Gasteiger partial charge in [-0.15, -0.1) is 11.6 Å². The lowest BCUT2D eigenvalue weighted by Gasteiger charge is -2.62. The predicted octanol–water partition coefficient (Wildman–Crippen LogP) is 4.49. The van der Waals surface area contributed by atoms with Crippen LogP contribution in [-0.4, -0.2) is 45.9 Å². The molecule has 0 aromatic rings. The average Bonchev–Trinajstić information content (AvgIpc) is 2.97. The number of halogens is 2. The number of rotatable bonds is 5. The molecule has 4 aliphatic carbocycles. The molecule has 4 rings (SSSR count). The lowest BCUT2D eigenvalue weighted by molar-refractivity contribution is -0.227. The Morgan fingerprint density at radius 2 is 2.00 bits per heavy atom. The zero-order chi connectivity index (χ0) is 24.4. The Kier molecular flexibility index (Phi) is 5.97. The molecule has 0 aliphatic heterocycles. The molecule has 5 nitrogen and oxygen atoms in total. The van der Waals surface area contributed by atoms with Gasteiger partial charge < -0.3 is 9.84 Å². The van der Waals surface area contributed by atoms with Crippen LogP contribution in [-0.2, 0) is 19.1 Å². The summed E-state index contributed by atoms with van der Waals surface area (Å²) in [5.74, 6) is -2.52. The Morgan fingerprint density at radius 3 is 2.64 bits per heavy atom. The molecule has 8 atom stereocenters. The van der Waals surface area contributed by atoms with E-state index in [0.29, 0.717) is 31.3 Å². The first-order chi connectivity index (χ1) is 15.4. The number of hydrogen-bond donors (Lipinski definition) is 1. The smallest absolute Gasteiger partial charge is 0.306 e. The summed E-state index contributed by atoms with van der Waals surface area (Å²) >= 11 is 6.04. The maximum Gasteiger partial charge on any atom is 0.306 e. The Labute approximate surface area is 199 Å². The maximum absolute atomic E-state index is 17.2. The Hall–Kier alpha value is -1.53. The number of esters is 1. The molecule has 0 radical (unpaired) electrons. The first-order valence-corrected chi connectivity index (χ1v) is 12.6. The van der Waals surface area contributed by atoms with Crippen LogP contribution in [0.1, 0.15) is 66.2 Å². The quantitative estimate of drug-likeness (QED) is 0.463. The minimum atomic E-state index is -1.99. The molecule has 0 aromatic carbocycles. The van der Waals surface area contributed by atoms with E-state index in [1.807, 2.05) is 20.8 Å². The third-order valence-electron chi connectivity index (χ3n) is 9.45. The van der Waals surface area contributed by atoms with E-state index in [4.69, 9.17) is 16.3 Å². The largest absolute Gasteiger partial charge is 0.450 e. The van der Waals surface area contributed by atoms with Gasteiger partial charge in [0.2, 0.25) is 0 Å². The maximum atomic E-state index is 17.2. The number of ether oxygens (including phenoxy) is 1. The molecule has 2 unspecified atom stereocenters. The minimum Gasteiger partial charge on any atom is -0.450 e. The highest BCUT2D eigenvalue weighted by molar-refractivity contribution is 6.29. The molecule has 0 spiro atoms. The van der Waals surface area contributed by atoms with E-state index in [1.54, 1.807) is 13.0 Å². The Balaban J connectivity index is 1.83. The topological polar surface area (TPSA) is 80.7 Å². The lowest BCUT2D eigenvalue weighted by atomic mass is 9.44. The highest BCUT2D eigenvalue weighted by atomic mass is 35.5. The van der Waals surface area contributed by atoms with Crippen LogP contribution >= 0.6 is 11.6 Å². The van der Waals surface area contributed by atoms with E-state index in [2.05, 4.69) is 0 Å². The van der Waals surface area contributed by atoms with Crippen LogP contribution in [0.25, 0.3) is 0 Å². The van der Waals surface area contributed by atoms with Gasteiger partial charge in [-0.25, -0.2) is 4.39 Å². The third kappa shape index (κ3) is 3.02. The van der Waals surface area contributed by atoms with Crippen molar-refractivity contribution in [3.8, 4) is 0 Å². The molecule has 1 N–H and O–H groups in total. The highest BCUT2D eigenvalue weighted by Gasteiger charge is 2.77. The number of fused-ring (bicyclic) bond motifs is 5. The van der Waals surface area contributed by atoms with Gasteiger partial charge in [-0.3, -0.25) is 14.4 Å². The summed E-state index contributed by atoms with van der Waals surface area (Å²) in [6.45, 7) is 7.35. The van der Waals surface area contributed by atoms with Crippen molar-refractivity contribution < 1.29 is 28.6 Å². The Bertz CT molecular complexity index is 945. The van der Waals surface area contributed by atoms with Crippen LogP contribution in [0.5, 0.6) is 0 Å². The minimum absolute atomic E-state index is 0.0261. The zero-order valence-electron chi connectivity index (χ0n) is 19.8. The van der Waals surface area contributed by atoms with Crippen molar-refractivity contribution in [2.45, 2.75) is 83.6 Å². The van der Waals surface area contributed by atoms with Crippen LogP contribution in [0.4, 0.5) is 4.39 Å². The van der Waals surface area contributed by atoms with Crippen LogP contribution in [0.2, 0.25) is 0 Å². The number of ketones is 2. The van der Waals surface area contributed by atoms with Crippen LogP contribution in [0, 0.1) is 28.6 Å². The molecule has 4 aliphatic rings. The molecule has 0 heterocycles. The number of carbonyl (C=O) groups excluding carboxylic acids is 3. The average molecular weight is 481 g/mol. The number of carbonyl (C=O) groups is 3. The summed E-state index contributed by atoms with van der Waals surface area (Å²) in [5.41, 5.74) is -4.84. The van der Waals surface area contributed by atoms with E-state index in [0.717, 1.165) is 0 Å². The summed E-state index contributed by atoms with van der Waals surface area (Å²) in [6, 6.07) is 0. The van der Waals surface area contributed by atoms with Crippen molar-refractivity contribution in [3.63, 3.8) is 0 Å². The van der Waals surface area contributed by atoms with Gasteiger partial charge in [0, 0.05) is 29.1 Å². The van der Waals surface area contributed by atoms with Gasteiger partial charge in [-0.05, 0) is 57.1 Å². The number of aliphatic hydroxyl groups is 1. The molecule has 3 fully saturated rings. The molecule has 0 bridgehead atoms. The SMILES string of the molecule is CCCC(=O)O[C@]1(C(=O)CCl)C(C)C[C@H]2[C@@H]3CCC4=CC(=O)C=C[C@]4(C)[C@@]3(F)C(O)C[C@@]21C. The van der Waals surface area contributed by atoms with Gasteiger partial charge in [0.1, 0.15) is 0 Å². The summed E-state index contributed by atoms with van der Waals surface area (Å²) in [5, 5.41) is 11.5. The molecule has 0 aromatic heterocycles. The first-order valence-electron chi connectivity index (χ1n) is 12.0. The molecule has 7 heteroatoms. The highest BCUT2D eigenvalue weighted by Crippen LogP contribution is 2.71. The fourth-order valence-corrected chi connectivity index (χ4v) is 8.13. The van der Waals surface area contributed by atoms with E-state index < -0.39 is 40.1 Å². The molecule has 33 heavy (non-hydrogen) atoms. The van der Waals surface area contributed by atoms with E-state index in [-0.39, 0.29) is 42.1 Å². The fraction of sp³-hybridized carbons (Fsp3) is 0.731. The second-order valence-electron chi connectivity index (χ2n) is 10.9. The van der Waals surface area contributed by atoms with Crippen molar-refractivity contribution in [1.82, 2.24) is 0 Å².